The maximum atomic E-state index is 11.0. The van der Waals surface area contributed by atoms with Crippen molar-refractivity contribution in [2.24, 2.45) is 0 Å². The van der Waals surface area contributed by atoms with E-state index in [0.29, 0.717) is 28.4 Å². The summed E-state index contributed by atoms with van der Waals surface area (Å²) in [6.45, 7) is 2.02. The summed E-state index contributed by atoms with van der Waals surface area (Å²) in [5.41, 5.74) is 0.136. The second-order valence-corrected chi connectivity index (χ2v) is 4.55. The molecule has 19 heavy (non-hydrogen) atoms. The minimum Gasteiger partial charge on any atom is -0.484 e. The third kappa shape index (κ3) is 3.31. The Hall–Kier alpha value is -1.89. The first-order valence-electron chi connectivity index (χ1n) is 5.57. The molecule has 2 rings (SSSR count). The second kappa shape index (κ2) is 5.83. The summed E-state index contributed by atoms with van der Waals surface area (Å²) >= 11 is 3.16. The molecule has 0 aliphatic rings. The average molecular weight is 327 g/mol. The fraction of sp³-hybridized carbons (Fsp3) is 0.250. The summed E-state index contributed by atoms with van der Waals surface area (Å²) in [5, 5.41) is 12.7. The smallest absolute Gasteiger partial charge is 0.336 e. The quantitative estimate of drug-likeness (QED) is 0.909. The molecule has 0 aliphatic carbocycles. The number of carboxylic acid groups (broad SMARTS) is 1. The molecule has 0 amide bonds. The van der Waals surface area contributed by atoms with Gasteiger partial charge in [0.15, 0.2) is 12.4 Å². The largest absolute Gasteiger partial charge is 0.484 e. The van der Waals surface area contributed by atoms with Gasteiger partial charge in [0.2, 0.25) is 0 Å². The number of nitrogens with zero attached hydrogens (tertiary/aromatic N) is 2. The van der Waals surface area contributed by atoms with Crippen LogP contribution < -0.4 is 4.74 Å². The van der Waals surface area contributed by atoms with Crippen LogP contribution in [0, 0.1) is 0 Å². The van der Waals surface area contributed by atoms with E-state index in [4.69, 9.17) is 14.4 Å². The van der Waals surface area contributed by atoms with Crippen LogP contribution in [0.2, 0.25) is 0 Å². The summed E-state index contributed by atoms with van der Waals surface area (Å²) in [7, 11) is 0. The van der Waals surface area contributed by atoms with Crippen LogP contribution in [0.25, 0.3) is 0 Å². The van der Waals surface area contributed by atoms with E-state index in [-0.39, 0.29) is 12.2 Å². The van der Waals surface area contributed by atoms with Gasteiger partial charge in [0, 0.05) is 10.9 Å². The van der Waals surface area contributed by atoms with Crippen LogP contribution in [0.4, 0.5) is 0 Å². The highest BCUT2D eigenvalue weighted by Crippen LogP contribution is 2.23. The summed E-state index contributed by atoms with van der Waals surface area (Å²) in [5.74, 6) is 0.373. The van der Waals surface area contributed by atoms with Crippen LogP contribution >= 0.6 is 15.9 Å². The molecule has 1 heterocycles. The summed E-state index contributed by atoms with van der Waals surface area (Å²) in [4.78, 5) is 15.1. The second-order valence-electron chi connectivity index (χ2n) is 3.69. The lowest BCUT2D eigenvalue weighted by molar-refractivity contribution is 0.0695. The van der Waals surface area contributed by atoms with Crippen LogP contribution in [0.5, 0.6) is 5.75 Å². The van der Waals surface area contributed by atoms with Gasteiger partial charge >= 0.3 is 5.97 Å². The highest BCUT2D eigenvalue weighted by molar-refractivity contribution is 9.10. The maximum absolute atomic E-state index is 11.0. The molecule has 0 spiro atoms. The van der Waals surface area contributed by atoms with Gasteiger partial charge in [-0.15, -0.1) is 0 Å². The van der Waals surface area contributed by atoms with Gasteiger partial charge in [0.05, 0.1) is 5.56 Å². The van der Waals surface area contributed by atoms with E-state index in [0.717, 1.165) is 0 Å². The molecule has 1 aromatic carbocycles. The standard InChI is InChI=1S/C12H11BrN2O4/c1-2-10-14-11(19-15-10)6-18-7-3-4-9(13)8(5-7)12(16)17/h3-5H,2,6H2,1H3,(H,16,17). The van der Waals surface area contributed by atoms with Crippen molar-refractivity contribution in [1.82, 2.24) is 10.1 Å². The number of halogens is 1. The number of hydrogen-bond acceptors (Lipinski definition) is 5. The van der Waals surface area contributed by atoms with E-state index in [1.165, 1.54) is 6.07 Å². The van der Waals surface area contributed by atoms with Crippen LogP contribution in [0.3, 0.4) is 0 Å². The van der Waals surface area contributed by atoms with Gasteiger partial charge in [0.1, 0.15) is 5.75 Å². The van der Waals surface area contributed by atoms with Crippen molar-refractivity contribution in [2.75, 3.05) is 0 Å². The van der Waals surface area contributed by atoms with Crippen molar-refractivity contribution in [2.45, 2.75) is 20.0 Å². The van der Waals surface area contributed by atoms with Crippen molar-refractivity contribution in [3.8, 4) is 5.75 Å². The van der Waals surface area contributed by atoms with E-state index in [1.54, 1.807) is 12.1 Å². The van der Waals surface area contributed by atoms with Crippen molar-refractivity contribution in [1.29, 1.82) is 0 Å². The number of carboxylic acids is 1. The first kappa shape index (κ1) is 13.5. The van der Waals surface area contributed by atoms with Gasteiger partial charge in [-0.25, -0.2) is 4.79 Å². The molecule has 7 heteroatoms. The fourth-order valence-electron chi connectivity index (χ4n) is 1.40. The fourth-order valence-corrected chi connectivity index (χ4v) is 1.81. The molecule has 0 saturated heterocycles. The Kier molecular flexibility index (Phi) is 4.16. The molecular formula is C12H11BrN2O4. The minimum atomic E-state index is -1.02. The molecule has 100 valence electrons. The molecule has 1 aromatic heterocycles. The highest BCUT2D eigenvalue weighted by Gasteiger charge is 2.11. The van der Waals surface area contributed by atoms with Crippen LogP contribution in [0.15, 0.2) is 27.2 Å². The number of aromatic nitrogens is 2. The Labute approximate surface area is 117 Å². The first-order chi connectivity index (χ1) is 9.10. The maximum Gasteiger partial charge on any atom is 0.336 e. The molecule has 0 radical (unpaired) electrons. The van der Waals surface area contributed by atoms with Gasteiger partial charge < -0.3 is 14.4 Å². The topological polar surface area (TPSA) is 85.5 Å². The molecular weight excluding hydrogens is 316 g/mol. The predicted molar refractivity (Wildman–Crippen MR) is 69.1 cm³/mol. The normalized spacial score (nSPS) is 10.4. The van der Waals surface area contributed by atoms with Crippen molar-refractivity contribution in [3.63, 3.8) is 0 Å². The third-order valence-electron chi connectivity index (χ3n) is 2.36. The van der Waals surface area contributed by atoms with E-state index in [2.05, 4.69) is 26.1 Å². The van der Waals surface area contributed by atoms with Crippen LogP contribution in [0.1, 0.15) is 29.0 Å². The number of rotatable bonds is 5. The Morgan fingerprint density at radius 2 is 2.32 bits per heavy atom. The Morgan fingerprint density at radius 1 is 1.53 bits per heavy atom. The Bertz CT molecular complexity index is 597. The van der Waals surface area contributed by atoms with Crippen LogP contribution in [-0.2, 0) is 13.0 Å². The number of aromatic carboxylic acids is 1. The Morgan fingerprint density at radius 3 is 2.95 bits per heavy atom. The monoisotopic (exact) mass is 326 g/mol. The van der Waals surface area contributed by atoms with Gasteiger partial charge in [-0.05, 0) is 34.1 Å². The zero-order valence-corrected chi connectivity index (χ0v) is 11.7. The molecule has 6 nitrogen and oxygen atoms in total. The zero-order chi connectivity index (χ0) is 13.8. The zero-order valence-electron chi connectivity index (χ0n) is 10.1. The minimum absolute atomic E-state index is 0.105. The predicted octanol–water partition coefficient (Wildman–Crippen LogP) is 2.67. The average Bonchev–Trinajstić information content (AvgIpc) is 2.85. The van der Waals surface area contributed by atoms with Crippen molar-refractivity contribution >= 4 is 21.9 Å². The van der Waals surface area contributed by atoms with Gasteiger partial charge in [-0.2, -0.15) is 4.98 Å². The van der Waals surface area contributed by atoms with E-state index in [9.17, 15) is 4.79 Å². The van der Waals surface area contributed by atoms with Gasteiger partial charge in [-0.3, -0.25) is 0 Å². The molecule has 0 bridgehead atoms. The number of benzene rings is 1. The molecule has 0 saturated carbocycles. The van der Waals surface area contributed by atoms with Gasteiger partial charge in [-0.1, -0.05) is 12.1 Å². The van der Waals surface area contributed by atoms with Crippen molar-refractivity contribution in [3.05, 3.63) is 40.0 Å². The molecule has 1 N–H and O–H groups in total. The number of ether oxygens (including phenoxy) is 1. The number of carbonyl (C=O) groups is 1. The lowest BCUT2D eigenvalue weighted by Crippen LogP contribution is -2.00. The molecule has 0 aliphatic heterocycles. The van der Waals surface area contributed by atoms with E-state index < -0.39 is 5.97 Å². The third-order valence-corrected chi connectivity index (χ3v) is 3.05. The molecule has 0 atom stereocenters. The molecule has 0 unspecified atom stereocenters. The summed E-state index contributed by atoms with van der Waals surface area (Å²) in [6.07, 6.45) is 0.685. The number of aryl methyl sites for hydroxylation is 1. The first-order valence-corrected chi connectivity index (χ1v) is 6.36. The Balaban J connectivity index is 2.07. The molecule has 2 aromatic rings. The summed E-state index contributed by atoms with van der Waals surface area (Å²) < 4.78 is 10.9. The lowest BCUT2D eigenvalue weighted by atomic mass is 10.2. The summed E-state index contributed by atoms with van der Waals surface area (Å²) in [6, 6.07) is 4.71. The highest BCUT2D eigenvalue weighted by atomic mass is 79.9. The SMILES string of the molecule is CCc1noc(COc2ccc(Br)c(C(=O)O)c2)n1. The van der Waals surface area contributed by atoms with E-state index in [1.807, 2.05) is 6.92 Å². The van der Waals surface area contributed by atoms with Crippen LogP contribution in [-0.4, -0.2) is 21.2 Å². The lowest BCUT2D eigenvalue weighted by Gasteiger charge is -2.05. The van der Waals surface area contributed by atoms with E-state index >= 15 is 0 Å². The number of hydrogen-bond donors (Lipinski definition) is 1. The van der Waals surface area contributed by atoms with Gasteiger partial charge in [0.25, 0.3) is 5.89 Å². The van der Waals surface area contributed by atoms with Crippen molar-refractivity contribution < 1.29 is 19.2 Å². The molecule has 0 fully saturated rings.